The topological polar surface area (TPSA) is 76.4 Å². The van der Waals surface area contributed by atoms with Gasteiger partial charge in [0, 0.05) is 4.47 Å². The largest absolute Gasteiger partial charge is 0.281 e. The maximum Gasteiger partial charge on any atom is 0.281 e. The van der Waals surface area contributed by atoms with Crippen LogP contribution in [0.25, 0.3) is 4.96 Å². The number of fused-ring (bicyclic) bond motifs is 1. The number of rotatable bonds is 4. The highest BCUT2D eigenvalue weighted by Gasteiger charge is 2.26. The minimum Gasteiger partial charge on any atom is -0.275 e. The van der Waals surface area contributed by atoms with E-state index in [0.29, 0.717) is 21.5 Å². The lowest BCUT2D eigenvalue weighted by molar-refractivity contribution is 0.590. The summed E-state index contributed by atoms with van der Waals surface area (Å²) in [5.41, 5.74) is 0.185. The molecule has 0 amide bonds. The second-order valence-electron chi connectivity index (χ2n) is 4.78. The number of sulfonamides is 1. The third kappa shape index (κ3) is 2.98. The average molecular weight is 419 g/mol. The van der Waals surface area contributed by atoms with E-state index in [1.165, 1.54) is 28.0 Å². The molecule has 0 aliphatic rings. The number of nitrogens with one attached hydrogen (secondary N) is 1. The number of hydrogen-bond donors (Lipinski definition) is 1. The maximum absolute atomic E-state index is 13.9. The molecule has 0 bridgehead atoms. The molecule has 0 unspecified atom stereocenters. The fraction of sp³-hybridized carbons (Fsp3) is 0.231. The molecule has 3 rings (SSSR count). The zero-order valence-corrected chi connectivity index (χ0v) is 15.4. The van der Waals surface area contributed by atoms with Crippen molar-refractivity contribution >= 4 is 47.9 Å². The summed E-state index contributed by atoms with van der Waals surface area (Å²) in [6, 6.07) is 4.09. The van der Waals surface area contributed by atoms with E-state index in [1.807, 2.05) is 6.92 Å². The van der Waals surface area contributed by atoms with E-state index in [2.05, 4.69) is 30.7 Å². The first kappa shape index (κ1) is 16.3. The molecule has 0 saturated carbocycles. The molecule has 122 valence electrons. The second kappa shape index (κ2) is 5.84. The van der Waals surface area contributed by atoms with Crippen molar-refractivity contribution in [2.24, 2.45) is 0 Å². The molecule has 2 aromatic heterocycles. The lowest BCUT2D eigenvalue weighted by Gasteiger charge is -2.08. The summed E-state index contributed by atoms with van der Waals surface area (Å²) in [4.78, 5) is 4.72. The Morgan fingerprint density at radius 2 is 2.17 bits per heavy atom. The average Bonchev–Trinajstić information content (AvgIpc) is 2.97. The molecule has 10 heteroatoms. The van der Waals surface area contributed by atoms with Gasteiger partial charge in [0.15, 0.2) is 0 Å². The Labute approximate surface area is 144 Å². The Balaban J connectivity index is 2.08. The molecule has 0 radical (unpaired) electrons. The van der Waals surface area contributed by atoms with Crippen LogP contribution in [0.15, 0.2) is 27.7 Å². The summed E-state index contributed by atoms with van der Waals surface area (Å²) in [6.45, 7) is 3.51. The van der Waals surface area contributed by atoms with Crippen molar-refractivity contribution in [2.45, 2.75) is 25.3 Å². The van der Waals surface area contributed by atoms with Crippen molar-refractivity contribution < 1.29 is 12.8 Å². The first-order chi connectivity index (χ1) is 10.8. The SMILES string of the molecule is CCc1nn2c(S(=O)(=O)Nc3ccc(Br)cc3F)c(C)nc2s1. The fourth-order valence-electron chi connectivity index (χ4n) is 2.09. The molecule has 0 aliphatic carbocycles. The van der Waals surface area contributed by atoms with Gasteiger partial charge < -0.3 is 0 Å². The van der Waals surface area contributed by atoms with Crippen LogP contribution in [0.5, 0.6) is 0 Å². The van der Waals surface area contributed by atoms with Gasteiger partial charge in [-0.05, 0) is 31.5 Å². The monoisotopic (exact) mass is 418 g/mol. The van der Waals surface area contributed by atoms with Crippen molar-refractivity contribution in [3.8, 4) is 0 Å². The van der Waals surface area contributed by atoms with Crippen LogP contribution >= 0.6 is 27.3 Å². The maximum atomic E-state index is 13.9. The number of anilines is 1. The van der Waals surface area contributed by atoms with Crippen LogP contribution in [0, 0.1) is 12.7 Å². The van der Waals surface area contributed by atoms with Gasteiger partial charge in [-0.1, -0.05) is 34.2 Å². The summed E-state index contributed by atoms with van der Waals surface area (Å²) in [5, 5.41) is 4.95. The van der Waals surface area contributed by atoms with E-state index in [1.54, 1.807) is 13.0 Å². The molecule has 0 fully saturated rings. The summed E-state index contributed by atoms with van der Waals surface area (Å²) in [5.74, 6) is -0.672. The smallest absolute Gasteiger partial charge is 0.275 e. The van der Waals surface area contributed by atoms with Gasteiger partial charge in [-0.3, -0.25) is 4.72 Å². The van der Waals surface area contributed by atoms with E-state index in [-0.39, 0.29) is 10.7 Å². The molecule has 1 N–H and O–H groups in total. The van der Waals surface area contributed by atoms with Gasteiger partial charge in [0.1, 0.15) is 10.8 Å². The van der Waals surface area contributed by atoms with Crippen LogP contribution in [-0.4, -0.2) is 23.0 Å². The number of aryl methyl sites for hydroxylation is 2. The number of nitrogens with zero attached hydrogens (tertiary/aromatic N) is 3. The molecule has 0 saturated heterocycles. The summed E-state index contributed by atoms with van der Waals surface area (Å²) in [7, 11) is -4.02. The zero-order valence-electron chi connectivity index (χ0n) is 12.2. The second-order valence-corrected chi connectivity index (χ2v) is 8.33. The van der Waals surface area contributed by atoms with Gasteiger partial charge in [-0.2, -0.15) is 18.0 Å². The van der Waals surface area contributed by atoms with Crippen LogP contribution in [-0.2, 0) is 16.4 Å². The Kier molecular flexibility index (Phi) is 4.15. The van der Waals surface area contributed by atoms with Gasteiger partial charge in [0.05, 0.1) is 11.4 Å². The molecule has 1 aromatic carbocycles. The Morgan fingerprint density at radius 3 is 2.83 bits per heavy atom. The number of halogens is 2. The fourth-order valence-corrected chi connectivity index (χ4v) is 4.70. The van der Waals surface area contributed by atoms with E-state index in [0.717, 1.165) is 5.01 Å². The Bertz CT molecular complexity index is 997. The molecular weight excluding hydrogens is 407 g/mol. The predicted molar refractivity (Wildman–Crippen MR) is 89.9 cm³/mol. The molecule has 0 aliphatic heterocycles. The summed E-state index contributed by atoms with van der Waals surface area (Å²) in [6.07, 6.45) is 0.682. The zero-order chi connectivity index (χ0) is 16.8. The summed E-state index contributed by atoms with van der Waals surface area (Å²) >= 11 is 4.46. The van der Waals surface area contributed by atoms with Crippen LogP contribution in [0.2, 0.25) is 0 Å². The van der Waals surface area contributed by atoms with Crippen molar-refractivity contribution in [1.29, 1.82) is 0 Å². The standard InChI is InChI=1S/C13H12BrFN4O2S2/c1-3-11-17-19-12(7(2)16-13(19)22-11)23(20,21)18-10-5-4-8(14)6-9(10)15/h4-6,18H,3H2,1-2H3. The van der Waals surface area contributed by atoms with E-state index < -0.39 is 15.8 Å². The highest BCUT2D eigenvalue weighted by atomic mass is 79.9. The number of aromatic nitrogens is 3. The third-order valence-electron chi connectivity index (χ3n) is 3.10. The lowest BCUT2D eigenvalue weighted by atomic mass is 10.3. The van der Waals surface area contributed by atoms with Crippen molar-refractivity contribution in [2.75, 3.05) is 4.72 Å². The number of hydrogen-bond acceptors (Lipinski definition) is 5. The van der Waals surface area contributed by atoms with Gasteiger partial charge in [-0.15, -0.1) is 0 Å². The Morgan fingerprint density at radius 1 is 1.43 bits per heavy atom. The van der Waals surface area contributed by atoms with Crippen LogP contribution in [0.3, 0.4) is 0 Å². The van der Waals surface area contributed by atoms with Crippen molar-refractivity contribution in [3.63, 3.8) is 0 Å². The van der Waals surface area contributed by atoms with Gasteiger partial charge >= 0.3 is 0 Å². The predicted octanol–water partition coefficient (Wildman–Crippen LogP) is 3.36. The first-order valence-corrected chi connectivity index (χ1v) is 9.74. The molecule has 0 spiro atoms. The molecule has 3 aromatic rings. The highest BCUT2D eigenvalue weighted by Crippen LogP contribution is 2.26. The van der Waals surface area contributed by atoms with Crippen LogP contribution in [0.1, 0.15) is 17.6 Å². The lowest BCUT2D eigenvalue weighted by Crippen LogP contribution is -2.17. The Hall–Kier alpha value is -1.52. The minimum atomic E-state index is -4.02. The van der Waals surface area contributed by atoms with E-state index >= 15 is 0 Å². The normalized spacial score (nSPS) is 12.0. The number of imidazole rings is 1. The van der Waals surface area contributed by atoms with Crippen LogP contribution in [0.4, 0.5) is 10.1 Å². The van der Waals surface area contributed by atoms with Gasteiger partial charge in [0.25, 0.3) is 10.0 Å². The summed E-state index contributed by atoms with van der Waals surface area (Å²) < 4.78 is 43.3. The van der Waals surface area contributed by atoms with E-state index in [4.69, 9.17) is 0 Å². The molecule has 2 heterocycles. The third-order valence-corrected chi connectivity index (χ3v) is 6.11. The van der Waals surface area contributed by atoms with Crippen LogP contribution < -0.4 is 4.72 Å². The molecule has 0 atom stereocenters. The van der Waals surface area contributed by atoms with Crippen molar-refractivity contribution in [3.05, 3.63) is 39.2 Å². The quantitative estimate of drug-likeness (QED) is 0.704. The highest BCUT2D eigenvalue weighted by molar-refractivity contribution is 9.10. The number of benzene rings is 1. The first-order valence-electron chi connectivity index (χ1n) is 6.64. The molecule has 23 heavy (non-hydrogen) atoms. The van der Waals surface area contributed by atoms with Crippen molar-refractivity contribution in [1.82, 2.24) is 14.6 Å². The van der Waals surface area contributed by atoms with E-state index in [9.17, 15) is 12.8 Å². The molecular formula is C13H12BrFN4O2S2. The van der Waals surface area contributed by atoms with Gasteiger partial charge in [0.2, 0.25) is 9.99 Å². The minimum absolute atomic E-state index is 0.0780. The van der Waals surface area contributed by atoms with Gasteiger partial charge in [-0.25, -0.2) is 9.37 Å². The molecule has 6 nitrogen and oxygen atoms in total.